The van der Waals surface area contributed by atoms with Crippen molar-refractivity contribution in [1.82, 2.24) is 4.98 Å². The number of nitrogens with one attached hydrogen (secondary N) is 1. The first-order chi connectivity index (χ1) is 12.4. The number of amides is 1. The predicted molar refractivity (Wildman–Crippen MR) is 104 cm³/mol. The number of rotatable bonds is 5. The number of hydrogen-bond acceptors (Lipinski definition) is 6. The maximum Gasteiger partial charge on any atom is 0.231 e. The van der Waals surface area contributed by atoms with Crippen LogP contribution in [0.1, 0.15) is 32.6 Å². The zero-order valence-electron chi connectivity index (χ0n) is 15.4. The number of aromatic nitrogens is 1. The second kappa shape index (κ2) is 7.63. The van der Waals surface area contributed by atoms with Gasteiger partial charge in [-0.25, -0.2) is 4.98 Å². The van der Waals surface area contributed by atoms with Gasteiger partial charge in [0.25, 0.3) is 0 Å². The number of nitrogens with zero attached hydrogens (tertiary/aromatic N) is 1. The maximum absolute atomic E-state index is 12.7. The van der Waals surface area contributed by atoms with Crippen molar-refractivity contribution in [3.63, 3.8) is 0 Å². The average Bonchev–Trinajstić information content (AvgIpc) is 3.08. The van der Waals surface area contributed by atoms with Gasteiger partial charge in [-0.05, 0) is 38.0 Å². The van der Waals surface area contributed by atoms with E-state index in [1.165, 1.54) is 11.3 Å². The molecule has 3 N–H and O–H groups in total. The number of nitrogens with two attached hydrogens (primary N) is 1. The molecular weight excluding hydrogens is 350 g/mol. The summed E-state index contributed by atoms with van der Waals surface area (Å²) in [7, 11) is 3.23. The van der Waals surface area contributed by atoms with Gasteiger partial charge in [0.2, 0.25) is 5.91 Å². The highest BCUT2D eigenvalue weighted by atomic mass is 32.1. The second-order valence-corrected chi connectivity index (χ2v) is 7.76. The van der Waals surface area contributed by atoms with E-state index >= 15 is 0 Å². The molecule has 0 saturated heterocycles. The Labute approximate surface area is 157 Å². The Balaban J connectivity index is 1.79. The number of methoxy groups -OCH3 is 2. The summed E-state index contributed by atoms with van der Waals surface area (Å²) in [5, 5.41) is 5.40. The zero-order valence-corrected chi connectivity index (χ0v) is 16.2. The van der Waals surface area contributed by atoms with Crippen LogP contribution in [-0.4, -0.2) is 30.6 Å². The van der Waals surface area contributed by atoms with Crippen LogP contribution in [0, 0.1) is 5.92 Å². The van der Waals surface area contributed by atoms with Crippen LogP contribution < -0.4 is 20.5 Å². The Morgan fingerprint density at radius 2 is 2.15 bits per heavy atom. The van der Waals surface area contributed by atoms with Crippen molar-refractivity contribution >= 4 is 22.4 Å². The monoisotopic (exact) mass is 375 g/mol. The number of hydrogen-bond donors (Lipinski definition) is 2. The summed E-state index contributed by atoms with van der Waals surface area (Å²) < 4.78 is 10.7. The van der Waals surface area contributed by atoms with Crippen molar-refractivity contribution in [2.45, 2.75) is 38.1 Å². The van der Waals surface area contributed by atoms with E-state index in [-0.39, 0.29) is 11.8 Å². The lowest BCUT2D eigenvalue weighted by molar-refractivity contribution is -0.122. The number of anilines is 1. The first-order valence-electron chi connectivity index (χ1n) is 8.72. The lowest BCUT2D eigenvalue weighted by atomic mass is 9.74. The van der Waals surface area contributed by atoms with Crippen molar-refractivity contribution in [3.05, 3.63) is 23.6 Å². The number of carbonyl (C=O) groups excluding carboxylic acids is 1. The van der Waals surface area contributed by atoms with Crippen molar-refractivity contribution in [1.29, 1.82) is 0 Å². The molecule has 1 aromatic carbocycles. The van der Waals surface area contributed by atoms with Crippen molar-refractivity contribution in [2.75, 3.05) is 19.5 Å². The average molecular weight is 375 g/mol. The van der Waals surface area contributed by atoms with E-state index in [0.717, 1.165) is 42.7 Å². The summed E-state index contributed by atoms with van der Waals surface area (Å²) in [6.45, 7) is 1.96. The van der Waals surface area contributed by atoms with Gasteiger partial charge in [0, 0.05) is 16.5 Å². The van der Waals surface area contributed by atoms with Gasteiger partial charge in [-0.3, -0.25) is 4.79 Å². The molecule has 1 aromatic heterocycles. The molecule has 1 saturated carbocycles. The maximum atomic E-state index is 12.7. The van der Waals surface area contributed by atoms with Crippen LogP contribution in [0.15, 0.2) is 23.6 Å². The Morgan fingerprint density at radius 3 is 2.85 bits per heavy atom. The third-order valence-electron chi connectivity index (χ3n) is 4.99. The van der Waals surface area contributed by atoms with E-state index in [0.29, 0.717) is 10.9 Å². The fourth-order valence-electron chi connectivity index (χ4n) is 3.45. The van der Waals surface area contributed by atoms with Crippen molar-refractivity contribution in [2.24, 2.45) is 11.7 Å². The van der Waals surface area contributed by atoms with Gasteiger partial charge in [-0.2, -0.15) is 0 Å². The molecule has 140 valence electrons. The van der Waals surface area contributed by atoms with E-state index < -0.39 is 5.54 Å². The van der Waals surface area contributed by atoms with Gasteiger partial charge in [0.1, 0.15) is 11.5 Å². The van der Waals surface area contributed by atoms with Crippen LogP contribution in [0.5, 0.6) is 11.5 Å². The molecule has 3 rings (SSSR count). The molecule has 7 heteroatoms. The van der Waals surface area contributed by atoms with Gasteiger partial charge >= 0.3 is 0 Å². The fourth-order valence-corrected chi connectivity index (χ4v) is 4.16. The van der Waals surface area contributed by atoms with Crippen LogP contribution in [0.25, 0.3) is 11.3 Å². The van der Waals surface area contributed by atoms with Gasteiger partial charge in [-0.15, -0.1) is 11.3 Å². The van der Waals surface area contributed by atoms with Crippen LogP contribution >= 0.6 is 11.3 Å². The smallest absolute Gasteiger partial charge is 0.231 e. The first kappa shape index (κ1) is 18.7. The molecule has 1 amide bonds. The zero-order chi connectivity index (χ0) is 18.7. The molecule has 26 heavy (non-hydrogen) atoms. The number of carbonyl (C=O) groups is 1. The van der Waals surface area contributed by atoms with Crippen LogP contribution in [-0.2, 0) is 4.79 Å². The molecule has 2 atom stereocenters. The first-order valence-corrected chi connectivity index (χ1v) is 9.60. The Bertz CT molecular complexity index is 788. The van der Waals surface area contributed by atoms with Crippen LogP contribution in [0.4, 0.5) is 5.13 Å². The summed E-state index contributed by atoms with van der Waals surface area (Å²) in [5.74, 6) is 1.19. The Hall–Kier alpha value is -2.12. The summed E-state index contributed by atoms with van der Waals surface area (Å²) in [4.78, 5) is 17.2. The van der Waals surface area contributed by atoms with E-state index in [1.54, 1.807) is 14.2 Å². The molecule has 1 aliphatic rings. The minimum atomic E-state index is -0.460. The highest BCUT2D eigenvalue weighted by molar-refractivity contribution is 7.14. The Morgan fingerprint density at radius 1 is 1.35 bits per heavy atom. The van der Waals surface area contributed by atoms with E-state index in [9.17, 15) is 4.79 Å². The number of ether oxygens (including phenoxy) is 2. The third kappa shape index (κ3) is 3.83. The van der Waals surface area contributed by atoms with E-state index in [1.807, 2.05) is 30.5 Å². The molecule has 0 bridgehead atoms. The standard InChI is InChI=1S/C19H25N3O3S/c1-19(20)9-5-4-6-14(19)17(23)22-18-21-15(11-26-18)13-10-12(24-2)7-8-16(13)25-3/h7-8,10-11,14H,4-6,9,20H2,1-3H3,(H,21,22,23). The lowest BCUT2D eigenvalue weighted by Gasteiger charge is -2.36. The largest absolute Gasteiger partial charge is 0.497 e. The van der Waals surface area contributed by atoms with E-state index in [4.69, 9.17) is 15.2 Å². The highest BCUT2D eigenvalue weighted by Crippen LogP contribution is 2.36. The molecule has 6 nitrogen and oxygen atoms in total. The van der Waals surface area contributed by atoms with Gasteiger partial charge in [0.15, 0.2) is 5.13 Å². The molecule has 1 fully saturated rings. The lowest BCUT2D eigenvalue weighted by Crippen LogP contribution is -2.51. The highest BCUT2D eigenvalue weighted by Gasteiger charge is 2.38. The molecule has 1 heterocycles. The summed E-state index contributed by atoms with van der Waals surface area (Å²) in [6.07, 6.45) is 3.80. The number of thiazole rings is 1. The van der Waals surface area contributed by atoms with Crippen LogP contribution in [0.3, 0.4) is 0 Å². The van der Waals surface area contributed by atoms with Gasteiger partial charge < -0.3 is 20.5 Å². The topological polar surface area (TPSA) is 86.5 Å². The summed E-state index contributed by atoms with van der Waals surface area (Å²) in [5.41, 5.74) is 7.43. The van der Waals surface area contributed by atoms with Crippen molar-refractivity contribution < 1.29 is 14.3 Å². The second-order valence-electron chi connectivity index (χ2n) is 6.90. The Kier molecular flexibility index (Phi) is 5.48. The van der Waals surface area contributed by atoms with Gasteiger partial charge in [-0.1, -0.05) is 12.8 Å². The molecule has 0 aliphatic heterocycles. The number of benzene rings is 1. The predicted octanol–water partition coefficient (Wildman–Crippen LogP) is 3.67. The molecule has 0 radical (unpaired) electrons. The van der Waals surface area contributed by atoms with Gasteiger partial charge in [0.05, 0.1) is 25.8 Å². The molecular formula is C19H25N3O3S. The van der Waals surface area contributed by atoms with E-state index in [2.05, 4.69) is 10.3 Å². The quantitative estimate of drug-likeness (QED) is 0.833. The third-order valence-corrected chi connectivity index (χ3v) is 5.75. The minimum absolute atomic E-state index is 0.0480. The summed E-state index contributed by atoms with van der Waals surface area (Å²) >= 11 is 1.39. The van der Waals surface area contributed by atoms with Crippen LogP contribution in [0.2, 0.25) is 0 Å². The summed E-state index contributed by atoms with van der Waals surface area (Å²) in [6, 6.07) is 5.55. The fraction of sp³-hybridized carbons (Fsp3) is 0.474. The SMILES string of the molecule is COc1ccc(OC)c(-c2csc(NC(=O)C3CCCCC3(C)N)n2)c1. The molecule has 2 aromatic rings. The normalized spacial score (nSPS) is 22.7. The molecule has 1 aliphatic carbocycles. The molecule has 0 spiro atoms. The van der Waals surface area contributed by atoms with Crippen molar-refractivity contribution in [3.8, 4) is 22.8 Å². The minimum Gasteiger partial charge on any atom is -0.497 e. The molecule has 2 unspecified atom stereocenters.